The van der Waals surface area contributed by atoms with Gasteiger partial charge in [-0.1, -0.05) is 26.8 Å². The minimum absolute atomic E-state index is 0.137. The van der Waals surface area contributed by atoms with Gasteiger partial charge in [0.2, 0.25) is 0 Å². The molecule has 1 unspecified atom stereocenters. The van der Waals surface area contributed by atoms with Crippen molar-refractivity contribution in [2.24, 2.45) is 11.3 Å². The zero-order valence-corrected chi connectivity index (χ0v) is 12.5. The Bertz CT molecular complexity index is 373. The van der Waals surface area contributed by atoms with E-state index in [2.05, 4.69) is 11.9 Å². The molecule has 1 saturated carbocycles. The maximum absolute atomic E-state index is 11.9. The fourth-order valence-corrected chi connectivity index (χ4v) is 2.58. The number of nitrogens with one attached hydrogen (secondary N) is 1. The second kappa shape index (κ2) is 6.77. The van der Waals surface area contributed by atoms with Crippen LogP contribution in [0.1, 0.15) is 46.5 Å². The number of amides is 1. The van der Waals surface area contributed by atoms with Crippen LogP contribution in [-0.4, -0.2) is 29.3 Å². The highest BCUT2D eigenvalue weighted by atomic mass is 16.6. The molecule has 3 atom stereocenters. The molecule has 0 aromatic rings. The number of ether oxygens (including phenoxy) is 1. The molecule has 0 bridgehead atoms. The lowest BCUT2D eigenvalue weighted by Crippen LogP contribution is -2.50. The lowest BCUT2D eigenvalue weighted by molar-refractivity contribution is -0.142. The Hall–Kier alpha value is -1.52. The highest BCUT2D eigenvalue weighted by Gasteiger charge is 2.35. The molecular weight excluding hydrogens is 258 g/mol. The lowest BCUT2D eigenvalue weighted by atomic mass is 9.87. The van der Waals surface area contributed by atoms with Gasteiger partial charge in [0.1, 0.15) is 12.1 Å². The van der Waals surface area contributed by atoms with E-state index in [1.54, 1.807) is 20.8 Å². The standard InChI is InChI=1S/C15H25NO4/c1-5-7-10-8-6-9-11(10)20-14(19)16-12(13(17)18)15(2,3)4/h5,10-12H,1,6-9H2,2-4H3,(H,16,19)(H,17,18)/t10-,11?,12-/m1/s1. The number of alkyl carbamates (subject to hydrolysis) is 1. The van der Waals surface area contributed by atoms with Crippen molar-refractivity contribution in [3.8, 4) is 0 Å². The first kappa shape index (κ1) is 16.5. The van der Waals surface area contributed by atoms with Crippen molar-refractivity contribution in [2.75, 3.05) is 0 Å². The molecular formula is C15H25NO4. The van der Waals surface area contributed by atoms with Crippen molar-refractivity contribution < 1.29 is 19.4 Å². The Labute approximate surface area is 120 Å². The maximum atomic E-state index is 11.9. The number of allylic oxidation sites excluding steroid dienone is 1. The number of hydrogen-bond donors (Lipinski definition) is 2. The molecule has 1 fully saturated rings. The minimum atomic E-state index is -1.05. The molecule has 20 heavy (non-hydrogen) atoms. The van der Waals surface area contributed by atoms with E-state index in [1.807, 2.05) is 6.08 Å². The smallest absolute Gasteiger partial charge is 0.408 e. The van der Waals surface area contributed by atoms with Gasteiger partial charge < -0.3 is 15.2 Å². The van der Waals surface area contributed by atoms with Crippen molar-refractivity contribution in [2.45, 2.75) is 58.6 Å². The van der Waals surface area contributed by atoms with Crippen LogP contribution in [0.15, 0.2) is 12.7 Å². The number of rotatable bonds is 5. The molecule has 0 aliphatic heterocycles. The molecule has 5 nitrogen and oxygen atoms in total. The van der Waals surface area contributed by atoms with Gasteiger partial charge in [-0.3, -0.25) is 0 Å². The second-order valence-electron chi connectivity index (χ2n) is 6.44. The van der Waals surface area contributed by atoms with E-state index in [-0.39, 0.29) is 6.10 Å². The molecule has 114 valence electrons. The van der Waals surface area contributed by atoms with Gasteiger partial charge >= 0.3 is 12.1 Å². The van der Waals surface area contributed by atoms with E-state index in [0.717, 1.165) is 25.7 Å². The Balaban J connectivity index is 2.58. The van der Waals surface area contributed by atoms with Crippen LogP contribution in [0, 0.1) is 11.3 Å². The average molecular weight is 283 g/mol. The lowest BCUT2D eigenvalue weighted by Gasteiger charge is -2.28. The number of carbonyl (C=O) groups excluding carboxylic acids is 1. The van der Waals surface area contributed by atoms with Crippen molar-refractivity contribution in [3.05, 3.63) is 12.7 Å². The van der Waals surface area contributed by atoms with Crippen LogP contribution < -0.4 is 5.32 Å². The van der Waals surface area contributed by atoms with Gasteiger partial charge in [-0.15, -0.1) is 6.58 Å². The minimum Gasteiger partial charge on any atom is -0.480 e. The van der Waals surface area contributed by atoms with Crippen LogP contribution in [0.5, 0.6) is 0 Å². The summed E-state index contributed by atoms with van der Waals surface area (Å²) in [6, 6.07) is -0.964. The molecule has 1 aliphatic rings. The normalized spacial score (nSPS) is 23.9. The van der Waals surface area contributed by atoms with E-state index >= 15 is 0 Å². The van der Waals surface area contributed by atoms with Crippen LogP contribution in [0.4, 0.5) is 4.79 Å². The van der Waals surface area contributed by atoms with E-state index in [4.69, 9.17) is 4.74 Å². The molecule has 0 saturated heterocycles. The van der Waals surface area contributed by atoms with Crippen molar-refractivity contribution >= 4 is 12.1 Å². The Kier molecular flexibility index (Phi) is 5.60. The fraction of sp³-hybridized carbons (Fsp3) is 0.733. The van der Waals surface area contributed by atoms with E-state index < -0.39 is 23.5 Å². The maximum Gasteiger partial charge on any atom is 0.408 e. The predicted molar refractivity (Wildman–Crippen MR) is 76.4 cm³/mol. The molecule has 5 heteroatoms. The van der Waals surface area contributed by atoms with E-state index in [0.29, 0.717) is 5.92 Å². The monoisotopic (exact) mass is 283 g/mol. The molecule has 0 heterocycles. The summed E-state index contributed by atoms with van der Waals surface area (Å²) in [5.41, 5.74) is -0.568. The van der Waals surface area contributed by atoms with Gasteiger partial charge in [-0.25, -0.2) is 9.59 Å². The summed E-state index contributed by atoms with van der Waals surface area (Å²) >= 11 is 0. The number of carboxylic acid groups (broad SMARTS) is 1. The second-order valence-corrected chi connectivity index (χ2v) is 6.44. The number of hydrogen-bond acceptors (Lipinski definition) is 3. The molecule has 2 N–H and O–H groups in total. The van der Waals surface area contributed by atoms with Gasteiger partial charge in [0.25, 0.3) is 0 Å². The summed E-state index contributed by atoms with van der Waals surface area (Å²) < 4.78 is 5.39. The molecule has 0 spiro atoms. The van der Waals surface area contributed by atoms with Crippen LogP contribution in [0.25, 0.3) is 0 Å². The molecule has 1 aliphatic carbocycles. The van der Waals surface area contributed by atoms with Crippen molar-refractivity contribution in [3.63, 3.8) is 0 Å². The third-order valence-electron chi connectivity index (χ3n) is 3.69. The third kappa shape index (κ3) is 4.54. The molecule has 0 aromatic carbocycles. The fourth-order valence-electron chi connectivity index (χ4n) is 2.58. The largest absolute Gasteiger partial charge is 0.480 e. The van der Waals surface area contributed by atoms with Gasteiger partial charge in [-0.2, -0.15) is 0 Å². The van der Waals surface area contributed by atoms with Gasteiger partial charge in [0.15, 0.2) is 0 Å². The highest BCUT2D eigenvalue weighted by molar-refractivity contribution is 5.80. The molecule has 0 aromatic heterocycles. The zero-order chi connectivity index (χ0) is 15.3. The quantitative estimate of drug-likeness (QED) is 0.761. The zero-order valence-electron chi connectivity index (χ0n) is 12.5. The van der Waals surface area contributed by atoms with Crippen LogP contribution in [-0.2, 0) is 9.53 Å². The average Bonchev–Trinajstić information content (AvgIpc) is 2.72. The third-order valence-corrected chi connectivity index (χ3v) is 3.69. The Morgan fingerprint density at radius 3 is 2.60 bits per heavy atom. The van der Waals surface area contributed by atoms with Gasteiger partial charge in [-0.05, 0) is 37.0 Å². The van der Waals surface area contributed by atoms with Gasteiger partial charge in [0.05, 0.1) is 0 Å². The summed E-state index contributed by atoms with van der Waals surface area (Å²) in [6.45, 7) is 9.01. The van der Waals surface area contributed by atoms with Crippen molar-refractivity contribution in [1.82, 2.24) is 5.32 Å². The highest BCUT2D eigenvalue weighted by Crippen LogP contribution is 2.31. The van der Waals surface area contributed by atoms with Crippen LogP contribution >= 0.6 is 0 Å². The predicted octanol–water partition coefficient (Wildman–Crippen LogP) is 2.96. The van der Waals surface area contributed by atoms with Crippen molar-refractivity contribution in [1.29, 1.82) is 0 Å². The number of carboxylic acids is 1. The topological polar surface area (TPSA) is 75.6 Å². The summed E-state index contributed by atoms with van der Waals surface area (Å²) in [4.78, 5) is 23.1. The molecule has 1 rings (SSSR count). The summed E-state index contributed by atoms with van der Waals surface area (Å²) in [5, 5.41) is 11.6. The number of carbonyl (C=O) groups is 2. The summed E-state index contributed by atoms with van der Waals surface area (Å²) in [5.74, 6) is -0.750. The van der Waals surface area contributed by atoms with Gasteiger partial charge in [0, 0.05) is 0 Å². The Morgan fingerprint density at radius 2 is 2.10 bits per heavy atom. The number of aliphatic carboxylic acids is 1. The van der Waals surface area contributed by atoms with Crippen LogP contribution in [0.3, 0.4) is 0 Å². The van der Waals surface area contributed by atoms with E-state index in [1.165, 1.54) is 0 Å². The first-order valence-corrected chi connectivity index (χ1v) is 7.06. The summed E-state index contributed by atoms with van der Waals surface area (Å²) in [7, 11) is 0. The van der Waals surface area contributed by atoms with E-state index in [9.17, 15) is 14.7 Å². The molecule has 1 amide bonds. The van der Waals surface area contributed by atoms with Crippen LogP contribution in [0.2, 0.25) is 0 Å². The first-order chi connectivity index (χ1) is 9.25. The summed E-state index contributed by atoms with van der Waals surface area (Å²) in [6.07, 6.45) is 4.75. The SMILES string of the molecule is C=CC[C@@H]1CCCC1OC(=O)N[C@H](C(=O)O)C(C)(C)C. The Morgan fingerprint density at radius 1 is 1.45 bits per heavy atom. The first-order valence-electron chi connectivity index (χ1n) is 7.06. The molecule has 0 radical (unpaired) electrons.